The van der Waals surface area contributed by atoms with Crippen LogP contribution < -0.4 is 0 Å². The van der Waals surface area contributed by atoms with E-state index in [9.17, 15) is 0 Å². The van der Waals surface area contributed by atoms with Gasteiger partial charge in [0.1, 0.15) is 12.4 Å². The summed E-state index contributed by atoms with van der Waals surface area (Å²) < 4.78 is 5.23. The lowest BCUT2D eigenvalue weighted by molar-refractivity contribution is 0.248. The summed E-state index contributed by atoms with van der Waals surface area (Å²) in [6.07, 6.45) is 3.37. The number of rotatable bonds is 2. The molecule has 0 aliphatic carbocycles. The van der Waals surface area contributed by atoms with Gasteiger partial charge in [-0.1, -0.05) is 0 Å². The van der Waals surface area contributed by atoms with E-state index in [-0.39, 0.29) is 6.61 Å². The molecule has 0 unspecified atom stereocenters. The van der Waals surface area contributed by atoms with E-state index in [4.69, 9.17) is 9.52 Å². The molecule has 4 nitrogen and oxygen atoms in total. The van der Waals surface area contributed by atoms with Gasteiger partial charge in [0, 0.05) is 12.4 Å². The molecule has 2 heterocycles. The Morgan fingerprint density at radius 2 is 2.42 bits per heavy atom. The fourth-order valence-corrected chi connectivity index (χ4v) is 0.990. The number of nitrogens with zero attached hydrogens (tertiary/aromatic N) is 1. The normalized spacial score (nSPS) is 10.4. The van der Waals surface area contributed by atoms with Crippen LogP contribution in [-0.4, -0.2) is 15.1 Å². The van der Waals surface area contributed by atoms with Crippen LogP contribution in [0.4, 0.5) is 0 Å². The van der Waals surface area contributed by atoms with Crippen molar-refractivity contribution in [3.8, 4) is 11.6 Å². The van der Waals surface area contributed by atoms with Crippen molar-refractivity contribution < 1.29 is 9.52 Å². The third-order valence-corrected chi connectivity index (χ3v) is 1.55. The lowest BCUT2D eigenvalue weighted by Gasteiger charge is -1.88. The van der Waals surface area contributed by atoms with E-state index in [1.54, 1.807) is 24.5 Å². The molecule has 62 valence electrons. The minimum atomic E-state index is -0.0826. The van der Waals surface area contributed by atoms with E-state index in [2.05, 4.69) is 9.97 Å². The summed E-state index contributed by atoms with van der Waals surface area (Å²) in [7, 11) is 0. The van der Waals surface area contributed by atoms with Crippen LogP contribution in [0.25, 0.3) is 11.6 Å². The maximum Gasteiger partial charge on any atom is 0.173 e. The second kappa shape index (κ2) is 2.83. The van der Waals surface area contributed by atoms with Gasteiger partial charge in [0.15, 0.2) is 11.6 Å². The molecule has 0 aliphatic rings. The highest BCUT2D eigenvalue weighted by atomic mass is 16.4. The van der Waals surface area contributed by atoms with Crippen molar-refractivity contribution in [1.82, 2.24) is 9.97 Å². The van der Waals surface area contributed by atoms with Gasteiger partial charge >= 0.3 is 0 Å². The summed E-state index contributed by atoms with van der Waals surface area (Å²) in [5.74, 6) is 1.86. The number of imidazole rings is 1. The first-order valence-corrected chi connectivity index (χ1v) is 3.59. The molecular weight excluding hydrogens is 156 g/mol. The minimum absolute atomic E-state index is 0.0826. The number of hydrogen-bond acceptors (Lipinski definition) is 3. The van der Waals surface area contributed by atoms with Gasteiger partial charge < -0.3 is 14.5 Å². The molecule has 0 saturated heterocycles. The number of furan rings is 1. The Kier molecular flexibility index (Phi) is 1.68. The van der Waals surface area contributed by atoms with Crippen LogP contribution in [0.2, 0.25) is 0 Å². The molecule has 2 aromatic heterocycles. The molecule has 0 aliphatic heterocycles. The first-order valence-electron chi connectivity index (χ1n) is 3.59. The van der Waals surface area contributed by atoms with Crippen molar-refractivity contribution in [1.29, 1.82) is 0 Å². The summed E-state index contributed by atoms with van der Waals surface area (Å²) in [5.41, 5.74) is 0. The van der Waals surface area contributed by atoms with Crippen LogP contribution in [-0.2, 0) is 6.61 Å². The Labute approximate surface area is 68.9 Å². The Morgan fingerprint density at radius 1 is 1.50 bits per heavy atom. The fourth-order valence-electron chi connectivity index (χ4n) is 0.990. The zero-order chi connectivity index (χ0) is 8.39. The average Bonchev–Trinajstić information content (AvgIpc) is 2.75. The second-order valence-corrected chi connectivity index (χ2v) is 2.36. The minimum Gasteiger partial charge on any atom is -0.455 e. The van der Waals surface area contributed by atoms with Gasteiger partial charge in [-0.05, 0) is 12.1 Å². The quantitative estimate of drug-likeness (QED) is 0.700. The second-order valence-electron chi connectivity index (χ2n) is 2.36. The molecule has 0 spiro atoms. The number of nitrogens with one attached hydrogen (secondary N) is 1. The van der Waals surface area contributed by atoms with E-state index in [0.717, 1.165) is 0 Å². The van der Waals surface area contributed by atoms with Crippen LogP contribution >= 0.6 is 0 Å². The smallest absolute Gasteiger partial charge is 0.173 e. The fraction of sp³-hybridized carbons (Fsp3) is 0.125. The lowest BCUT2D eigenvalue weighted by Crippen LogP contribution is -1.76. The molecule has 0 aromatic carbocycles. The summed E-state index contributed by atoms with van der Waals surface area (Å²) in [5, 5.41) is 8.72. The monoisotopic (exact) mass is 164 g/mol. The van der Waals surface area contributed by atoms with Gasteiger partial charge in [0.2, 0.25) is 0 Å². The molecule has 0 atom stereocenters. The number of aliphatic hydroxyl groups excluding tert-OH is 1. The van der Waals surface area contributed by atoms with Gasteiger partial charge in [-0.2, -0.15) is 0 Å². The van der Waals surface area contributed by atoms with Gasteiger partial charge in [-0.3, -0.25) is 0 Å². The maximum absolute atomic E-state index is 8.72. The highest BCUT2D eigenvalue weighted by Gasteiger charge is 2.04. The SMILES string of the molecule is OCc1ccc(-c2ncc[nH]2)o1. The van der Waals surface area contributed by atoms with Crippen molar-refractivity contribution in [3.05, 3.63) is 30.3 Å². The molecule has 0 radical (unpaired) electrons. The molecule has 12 heavy (non-hydrogen) atoms. The first-order chi connectivity index (χ1) is 5.90. The zero-order valence-electron chi connectivity index (χ0n) is 6.32. The van der Waals surface area contributed by atoms with E-state index in [1.165, 1.54) is 0 Å². The third-order valence-electron chi connectivity index (χ3n) is 1.55. The van der Waals surface area contributed by atoms with E-state index >= 15 is 0 Å². The number of aromatic amines is 1. The largest absolute Gasteiger partial charge is 0.455 e. The number of hydrogen-bond donors (Lipinski definition) is 2. The topological polar surface area (TPSA) is 62.1 Å². The predicted molar refractivity (Wildman–Crippen MR) is 42.2 cm³/mol. The maximum atomic E-state index is 8.72. The Hall–Kier alpha value is -1.55. The summed E-state index contributed by atoms with van der Waals surface area (Å²) >= 11 is 0. The Balaban J connectivity index is 2.35. The standard InChI is InChI=1S/C8H8N2O2/c11-5-6-1-2-7(12-6)8-9-3-4-10-8/h1-4,11H,5H2,(H,9,10). The predicted octanol–water partition coefficient (Wildman–Crippen LogP) is 1.16. The van der Waals surface area contributed by atoms with E-state index in [1.807, 2.05) is 0 Å². The highest BCUT2D eigenvalue weighted by Crippen LogP contribution is 2.17. The Bertz CT molecular complexity index is 351. The van der Waals surface area contributed by atoms with Gasteiger partial charge in [0.05, 0.1) is 0 Å². The molecule has 2 N–H and O–H groups in total. The lowest BCUT2D eigenvalue weighted by atomic mass is 10.4. The van der Waals surface area contributed by atoms with Crippen molar-refractivity contribution in [3.63, 3.8) is 0 Å². The molecule has 0 fully saturated rings. The Morgan fingerprint density at radius 3 is 3.00 bits per heavy atom. The molecule has 4 heteroatoms. The summed E-state index contributed by atoms with van der Waals surface area (Å²) in [4.78, 5) is 6.91. The van der Waals surface area contributed by atoms with Crippen LogP contribution in [0.3, 0.4) is 0 Å². The van der Waals surface area contributed by atoms with Crippen molar-refractivity contribution >= 4 is 0 Å². The molecule has 2 rings (SSSR count). The van der Waals surface area contributed by atoms with Crippen LogP contribution in [0.15, 0.2) is 28.9 Å². The van der Waals surface area contributed by atoms with Gasteiger partial charge in [0.25, 0.3) is 0 Å². The summed E-state index contributed by atoms with van der Waals surface area (Å²) in [6, 6.07) is 3.49. The first kappa shape index (κ1) is 7.12. The number of aliphatic hydroxyl groups is 1. The highest BCUT2D eigenvalue weighted by molar-refractivity contribution is 5.46. The number of H-pyrrole nitrogens is 1. The van der Waals surface area contributed by atoms with Crippen LogP contribution in [0.1, 0.15) is 5.76 Å². The van der Waals surface area contributed by atoms with Crippen LogP contribution in [0, 0.1) is 0 Å². The third kappa shape index (κ3) is 1.12. The van der Waals surface area contributed by atoms with Gasteiger partial charge in [-0.15, -0.1) is 0 Å². The van der Waals surface area contributed by atoms with Crippen molar-refractivity contribution in [2.45, 2.75) is 6.61 Å². The van der Waals surface area contributed by atoms with Crippen molar-refractivity contribution in [2.24, 2.45) is 0 Å². The summed E-state index contributed by atoms with van der Waals surface area (Å²) in [6.45, 7) is -0.0826. The number of aromatic nitrogens is 2. The molecule has 0 bridgehead atoms. The van der Waals surface area contributed by atoms with Gasteiger partial charge in [-0.25, -0.2) is 4.98 Å². The van der Waals surface area contributed by atoms with E-state index in [0.29, 0.717) is 17.3 Å². The van der Waals surface area contributed by atoms with Crippen LogP contribution in [0.5, 0.6) is 0 Å². The molecule has 0 saturated carbocycles. The van der Waals surface area contributed by atoms with E-state index < -0.39 is 0 Å². The molecule has 0 amide bonds. The zero-order valence-corrected chi connectivity index (χ0v) is 6.32. The molecule has 2 aromatic rings. The average molecular weight is 164 g/mol. The van der Waals surface area contributed by atoms with Crippen molar-refractivity contribution in [2.75, 3.05) is 0 Å². The molecular formula is C8H8N2O2.